The Labute approximate surface area is 79.8 Å². The van der Waals surface area contributed by atoms with Crippen LogP contribution in [0.25, 0.3) is 0 Å². The number of carbonyl (C=O) groups is 1. The Balaban J connectivity index is 2.89. The fourth-order valence-corrected chi connectivity index (χ4v) is 1.03. The van der Waals surface area contributed by atoms with E-state index in [1.54, 1.807) is 0 Å². The number of carboxylic acid groups (broad SMARTS) is 1. The molecular formula is C9H10FNO3. The van der Waals surface area contributed by atoms with Crippen molar-refractivity contribution in [2.45, 2.75) is 12.1 Å². The van der Waals surface area contributed by atoms with E-state index in [2.05, 4.69) is 0 Å². The second-order valence-corrected chi connectivity index (χ2v) is 2.86. The van der Waals surface area contributed by atoms with Gasteiger partial charge in [-0.2, -0.15) is 0 Å². The Hall–Kier alpha value is -1.46. The first-order valence-electron chi connectivity index (χ1n) is 3.94. The minimum absolute atomic E-state index is 0.153. The molecule has 2 atom stereocenters. The van der Waals surface area contributed by atoms with Gasteiger partial charge in [-0.15, -0.1) is 0 Å². The molecule has 0 aliphatic heterocycles. The molecule has 0 amide bonds. The fraction of sp³-hybridized carbons (Fsp3) is 0.222. The number of rotatable bonds is 3. The van der Waals surface area contributed by atoms with Crippen LogP contribution < -0.4 is 5.73 Å². The van der Waals surface area contributed by atoms with E-state index >= 15 is 0 Å². The SMILES string of the molecule is N[C@H](C(=O)O)[C@@H](O)c1cccc(F)c1. The number of carboxylic acids is 1. The van der Waals surface area contributed by atoms with Crippen LogP contribution in [0.5, 0.6) is 0 Å². The zero-order chi connectivity index (χ0) is 10.7. The van der Waals surface area contributed by atoms with Gasteiger partial charge in [-0.3, -0.25) is 4.79 Å². The molecule has 76 valence electrons. The zero-order valence-corrected chi connectivity index (χ0v) is 7.22. The normalized spacial score (nSPS) is 14.8. The molecule has 14 heavy (non-hydrogen) atoms. The summed E-state index contributed by atoms with van der Waals surface area (Å²) in [6.07, 6.45) is -1.40. The summed E-state index contributed by atoms with van der Waals surface area (Å²) < 4.78 is 12.7. The van der Waals surface area contributed by atoms with E-state index in [-0.39, 0.29) is 5.56 Å². The van der Waals surface area contributed by atoms with Crippen molar-refractivity contribution in [3.05, 3.63) is 35.6 Å². The lowest BCUT2D eigenvalue weighted by Gasteiger charge is -2.14. The van der Waals surface area contributed by atoms with Gasteiger partial charge in [-0.25, -0.2) is 4.39 Å². The number of hydrogen-bond acceptors (Lipinski definition) is 3. The Kier molecular flexibility index (Phi) is 3.16. The third kappa shape index (κ3) is 2.27. The molecule has 0 unspecified atom stereocenters. The summed E-state index contributed by atoms with van der Waals surface area (Å²) >= 11 is 0. The third-order valence-electron chi connectivity index (χ3n) is 1.82. The number of hydrogen-bond donors (Lipinski definition) is 3. The predicted molar refractivity (Wildman–Crippen MR) is 47.0 cm³/mol. The first kappa shape index (κ1) is 10.6. The molecule has 0 fully saturated rings. The first-order valence-corrected chi connectivity index (χ1v) is 3.94. The van der Waals surface area contributed by atoms with Gasteiger partial charge in [0.25, 0.3) is 0 Å². The van der Waals surface area contributed by atoms with Crippen molar-refractivity contribution in [2.24, 2.45) is 5.73 Å². The maximum Gasteiger partial charge on any atom is 0.323 e. The van der Waals surface area contributed by atoms with Gasteiger partial charge in [0.05, 0.1) is 0 Å². The van der Waals surface area contributed by atoms with E-state index in [0.29, 0.717) is 0 Å². The summed E-state index contributed by atoms with van der Waals surface area (Å²) in [6.45, 7) is 0. The molecule has 0 saturated heterocycles. The van der Waals surface area contributed by atoms with E-state index in [1.807, 2.05) is 0 Å². The van der Waals surface area contributed by atoms with Gasteiger partial charge in [-0.05, 0) is 17.7 Å². The first-order chi connectivity index (χ1) is 6.52. The summed E-state index contributed by atoms with van der Waals surface area (Å²) in [6, 6.07) is 3.59. The van der Waals surface area contributed by atoms with Gasteiger partial charge in [0.2, 0.25) is 0 Å². The molecular weight excluding hydrogens is 189 g/mol. The topological polar surface area (TPSA) is 83.6 Å². The molecule has 1 aromatic carbocycles. The number of aliphatic hydroxyl groups excluding tert-OH is 1. The zero-order valence-electron chi connectivity index (χ0n) is 7.22. The molecule has 0 aliphatic carbocycles. The van der Waals surface area contributed by atoms with E-state index < -0.39 is 23.9 Å². The molecule has 5 heteroatoms. The van der Waals surface area contributed by atoms with Crippen molar-refractivity contribution in [2.75, 3.05) is 0 Å². The number of nitrogens with two attached hydrogens (primary N) is 1. The smallest absolute Gasteiger partial charge is 0.323 e. The van der Waals surface area contributed by atoms with Gasteiger partial charge in [-0.1, -0.05) is 12.1 Å². The number of aliphatic carboxylic acids is 1. The largest absolute Gasteiger partial charge is 0.480 e. The lowest BCUT2D eigenvalue weighted by Crippen LogP contribution is -2.36. The summed E-state index contributed by atoms with van der Waals surface area (Å²) in [4.78, 5) is 10.4. The van der Waals surface area contributed by atoms with Crippen LogP contribution in [0.1, 0.15) is 11.7 Å². The molecule has 0 spiro atoms. The molecule has 0 saturated carbocycles. The third-order valence-corrected chi connectivity index (χ3v) is 1.82. The van der Waals surface area contributed by atoms with Gasteiger partial charge in [0, 0.05) is 0 Å². The minimum atomic E-state index is -1.45. The highest BCUT2D eigenvalue weighted by Gasteiger charge is 2.23. The predicted octanol–water partition coefficient (Wildman–Crippen LogP) is 0.271. The van der Waals surface area contributed by atoms with Crippen LogP contribution in [0.2, 0.25) is 0 Å². The summed E-state index contributed by atoms with van der Waals surface area (Å²) in [5.74, 6) is -1.87. The van der Waals surface area contributed by atoms with E-state index in [9.17, 15) is 14.3 Å². The molecule has 4 nitrogen and oxygen atoms in total. The highest BCUT2D eigenvalue weighted by Crippen LogP contribution is 2.16. The Morgan fingerprint density at radius 2 is 2.14 bits per heavy atom. The average Bonchev–Trinajstić information content (AvgIpc) is 2.15. The van der Waals surface area contributed by atoms with Crippen LogP contribution in [-0.2, 0) is 4.79 Å². The van der Waals surface area contributed by atoms with Gasteiger partial charge in [0.15, 0.2) is 0 Å². The lowest BCUT2D eigenvalue weighted by atomic mass is 10.0. The lowest BCUT2D eigenvalue weighted by molar-refractivity contribution is -0.141. The highest BCUT2D eigenvalue weighted by molar-refractivity contribution is 5.74. The Morgan fingerprint density at radius 1 is 1.50 bits per heavy atom. The molecule has 0 bridgehead atoms. The minimum Gasteiger partial charge on any atom is -0.480 e. The molecule has 0 heterocycles. The van der Waals surface area contributed by atoms with Crippen LogP contribution >= 0.6 is 0 Å². The number of halogens is 1. The molecule has 1 aromatic rings. The van der Waals surface area contributed by atoms with Crippen LogP contribution in [-0.4, -0.2) is 22.2 Å². The summed E-state index contributed by atoms with van der Waals surface area (Å²) in [7, 11) is 0. The average molecular weight is 199 g/mol. The summed E-state index contributed by atoms with van der Waals surface area (Å²) in [5.41, 5.74) is 5.32. The molecule has 4 N–H and O–H groups in total. The quantitative estimate of drug-likeness (QED) is 0.652. The van der Waals surface area contributed by atoms with Crippen molar-refractivity contribution in [3.8, 4) is 0 Å². The van der Waals surface area contributed by atoms with E-state index in [0.717, 1.165) is 6.07 Å². The van der Waals surface area contributed by atoms with Gasteiger partial charge in [0.1, 0.15) is 18.0 Å². The van der Waals surface area contributed by atoms with Crippen molar-refractivity contribution in [1.29, 1.82) is 0 Å². The second kappa shape index (κ2) is 4.17. The maximum atomic E-state index is 12.7. The van der Waals surface area contributed by atoms with Gasteiger partial charge < -0.3 is 15.9 Å². The maximum absolute atomic E-state index is 12.7. The highest BCUT2D eigenvalue weighted by atomic mass is 19.1. The standard InChI is InChI=1S/C9H10FNO3/c10-6-3-1-2-5(4-6)8(12)7(11)9(13)14/h1-4,7-8,12H,11H2,(H,13,14)/t7-,8-/m0/s1. The molecule has 0 aliphatic rings. The van der Waals surface area contributed by atoms with Crippen molar-refractivity contribution in [3.63, 3.8) is 0 Å². The van der Waals surface area contributed by atoms with Gasteiger partial charge >= 0.3 is 5.97 Å². The second-order valence-electron chi connectivity index (χ2n) is 2.86. The number of benzene rings is 1. The van der Waals surface area contributed by atoms with Crippen molar-refractivity contribution >= 4 is 5.97 Å². The van der Waals surface area contributed by atoms with Crippen LogP contribution in [0.15, 0.2) is 24.3 Å². The fourth-order valence-electron chi connectivity index (χ4n) is 1.03. The Bertz CT molecular complexity index is 343. The van der Waals surface area contributed by atoms with E-state index in [4.69, 9.17) is 10.8 Å². The van der Waals surface area contributed by atoms with Crippen LogP contribution in [0.4, 0.5) is 4.39 Å². The van der Waals surface area contributed by atoms with Crippen molar-refractivity contribution in [1.82, 2.24) is 0 Å². The molecule has 0 aromatic heterocycles. The van der Waals surface area contributed by atoms with Crippen LogP contribution in [0, 0.1) is 5.82 Å². The van der Waals surface area contributed by atoms with Crippen molar-refractivity contribution < 1.29 is 19.4 Å². The Morgan fingerprint density at radius 3 is 2.64 bits per heavy atom. The van der Waals surface area contributed by atoms with E-state index in [1.165, 1.54) is 18.2 Å². The monoisotopic (exact) mass is 199 g/mol. The van der Waals surface area contributed by atoms with Crippen LogP contribution in [0.3, 0.4) is 0 Å². The summed E-state index contributed by atoms with van der Waals surface area (Å²) in [5, 5.41) is 17.9. The molecule has 0 radical (unpaired) electrons. The molecule has 1 rings (SSSR count). The number of aliphatic hydroxyl groups is 1.